The van der Waals surface area contributed by atoms with Gasteiger partial charge in [0.15, 0.2) is 10.8 Å². The van der Waals surface area contributed by atoms with Gasteiger partial charge in [0.1, 0.15) is 5.76 Å². The van der Waals surface area contributed by atoms with Crippen molar-refractivity contribution >= 4 is 11.3 Å². The van der Waals surface area contributed by atoms with Crippen molar-refractivity contribution in [3.8, 4) is 10.8 Å². The number of furan rings is 1. The molecular formula is C10H12N2OS. The Morgan fingerprint density at radius 1 is 1.50 bits per heavy atom. The highest BCUT2D eigenvalue weighted by Gasteiger charge is 2.09. The van der Waals surface area contributed by atoms with Crippen LogP contribution in [0.2, 0.25) is 0 Å². The molecule has 2 heterocycles. The number of thiazole rings is 1. The summed E-state index contributed by atoms with van der Waals surface area (Å²) in [7, 11) is 0. The lowest BCUT2D eigenvalue weighted by atomic mass is 10.3. The SMILES string of the molecule is Cc1ccc(-c2ncc(C(C)N)s2)o1. The van der Waals surface area contributed by atoms with Crippen LogP contribution in [0.15, 0.2) is 22.7 Å². The van der Waals surface area contributed by atoms with Crippen molar-refractivity contribution in [3.05, 3.63) is 29.0 Å². The Morgan fingerprint density at radius 3 is 2.79 bits per heavy atom. The van der Waals surface area contributed by atoms with Crippen LogP contribution < -0.4 is 5.73 Å². The summed E-state index contributed by atoms with van der Waals surface area (Å²) in [5.74, 6) is 1.72. The maximum absolute atomic E-state index is 5.75. The molecule has 0 amide bonds. The maximum Gasteiger partial charge on any atom is 0.162 e. The molecule has 0 bridgehead atoms. The topological polar surface area (TPSA) is 52.0 Å². The molecule has 74 valence electrons. The Labute approximate surface area is 86.6 Å². The van der Waals surface area contributed by atoms with E-state index in [1.165, 1.54) is 0 Å². The quantitative estimate of drug-likeness (QED) is 0.825. The Bertz CT molecular complexity index is 431. The van der Waals surface area contributed by atoms with E-state index in [1.54, 1.807) is 11.3 Å². The van der Waals surface area contributed by atoms with Crippen LogP contribution in [-0.2, 0) is 0 Å². The summed E-state index contributed by atoms with van der Waals surface area (Å²) in [6.07, 6.45) is 1.81. The zero-order chi connectivity index (χ0) is 10.1. The van der Waals surface area contributed by atoms with E-state index >= 15 is 0 Å². The van der Waals surface area contributed by atoms with Gasteiger partial charge in [0.25, 0.3) is 0 Å². The largest absolute Gasteiger partial charge is 0.459 e. The van der Waals surface area contributed by atoms with E-state index in [-0.39, 0.29) is 6.04 Å². The lowest BCUT2D eigenvalue weighted by Crippen LogP contribution is -2.01. The number of hydrogen-bond acceptors (Lipinski definition) is 4. The summed E-state index contributed by atoms with van der Waals surface area (Å²) in [4.78, 5) is 5.34. The standard InChI is InChI=1S/C10H12N2OS/c1-6-3-4-8(13-6)10-12-5-9(14-10)7(2)11/h3-5,7H,11H2,1-2H3. The summed E-state index contributed by atoms with van der Waals surface area (Å²) in [6.45, 7) is 3.87. The van der Waals surface area contributed by atoms with Crippen LogP contribution in [-0.4, -0.2) is 4.98 Å². The minimum absolute atomic E-state index is 0.0392. The van der Waals surface area contributed by atoms with E-state index in [9.17, 15) is 0 Å². The molecule has 4 heteroatoms. The third-order valence-corrected chi connectivity index (χ3v) is 3.14. The lowest BCUT2D eigenvalue weighted by Gasteiger charge is -1.96. The molecule has 3 nitrogen and oxygen atoms in total. The van der Waals surface area contributed by atoms with Crippen LogP contribution in [0, 0.1) is 6.92 Å². The van der Waals surface area contributed by atoms with Crippen LogP contribution in [0.3, 0.4) is 0 Å². The molecule has 0 aliphatic rings. The Kier molecular flexibility index (Phi) is 2.39. The lowest BCUT2D eigenvalue weighted by molar-refractivity contribution is 0.548. The van der Waals surface area contributed by atoms with Gasteiger partial charge in [0.2, 0.25) is 0 Å². The van der Waals surface area contributed by atoms with Gasteiger partial charge in [-0.15, -0.1) is 11.3 Å². The number of hydrogen-bond donors (Lipinski definition) is 1. The Morgan fingerprint density at radius 2 is 2.29 bits per heavy atom. The average molecular weight is 208 g/mol. The minimum Gasteiger partial charge on any atom is -0.459 e. The molecular weight excluding hydrogens is 196 g/mol. The van der Waals surface area contributed by atoms with Crippen molar-refractivity contribution < 1.29 is 4.42 Å². The van der Waals surface area contributed by atoms with Gasteiger partial charge in [-0.25, -0.2) is 4.98 Å². The van der Waals surface area contributed by atoms with Crippen molar-refractivity contribution in [2.45, 2.75) is 19.9 Å². The molecule has 1 atom stereocenters. The molecule has 0 aromatic carbocycles. The zero-order valence-electron chi connectivity index (χ0n) is 8.15. The van der Waals surface area contributed by atoms with Crippen molar-refractivity contribution in [2.75, 3.05) is 0 Å². The van der Waals surface area contributed by atoms with Crippen molar-refractivity contribution in [3.63, 3.8) is 0 Å². The molecule has 0 saturated carbocycles. The first-order valence-electron chi connectivity index (χ1n) is 4.45. The van der Waals surface area contributed by atoms with E-state index in [4.69, 9.17) is 10.2 Å². The number of rotatable bonds is 2. The highest BCUT2D eigenvalue weighted by Crippen LogP contribution is 2.28. The van der Waals surface area contributed by atoms with E-state index < -0.39 is 0 Å². The second-order valence-electron chi connectivity index (χ2n) is 3.27. The van der Waals surface area contributed by atoms with E-state index in [1.807, 2.05) is 32.2 Å². The first kappa shape index (κ1) is 9.43. The normalized spacial score (nSPS) is 13.1. The van der Waals surface area contributed by atoms with Gasteiger partial charge in [0, 0.05) is 17.1 Å². The van der Waals surface area contributed by atoms with Crippen LogP contribution in [0.1, 0.15) is 23.6 Å². The van der Waals surface area contributed by atoms with Crippen molar-refractivity contribution in [2.24, 2.45) is 5.73 Å². The smallest absolute Gasteiger partial charge is 0.162 e. The minimum atomic E-state index is 0.0392. The number of nitrogens with zero attached hydrogens (tertiary/aromatic N) is 1. The van der Waals surface area contributed by atoms with Crippen LogP contribution in [0.4, 0.5) is 0 Å². The number of aryl methyl sites for hydroxylation is 1. The number of aromatic nitrogens is 1. The summed E-state index contributed by atoms with van der Waals surface area (Å²) < 4.78 is 5.47. The van der Waals surface area contributed by atoms with E-state index in [0.717, 1.165) is 21.4 Å². The van der Waals surface area contributed by atoms with Gasteiger partial charge in [-0.3, -0.25) is 0 Å². The van der Waals surface area contributed by atoms with Gasteiger partial charge in [-0.05, 0) is 26.0 Å². The Balaban J connectivity index is 2.33. The highest BCUT2D eigenvalue weighted by atomic mass is 32.1. The van der Waals surface area contributed by atoms with Crippen molar-refractivity contribution in [1.82, 2.24) is 4.98 Å². The monoisotopic (exact) mass is 208 g/mol. The summed E-state index contributed by atoms with van der Waals surface area (Å²) in [5, 5.41) is 0.894. The molecule has 2 rings (SSSR count). The molecule has 0 aliphatic carbocycles. The third kappa shape index (κ3) is 1.71. The van der Waals surface area contributed by atoms with Crippen LogP contribution >= 0.6 is 11.3 Å². The highest BCUT2D eigenvalue weighted by molar-refractivity contribution is 7.15. The first-order chi connectivity index (χ1) is 6.66. The predicted molar refractivity (Wildman–Crippen MR) is 57.2 cm³/mol. The molecule has 14 heavy (non-hydrogen) atoms. The summed E-state index contributed by atoms with van der Waals surface area (Å²) >= 11 is 1.58. The summed E-state index contributed by atoms with van der Waals surface area (Å²) in [5.41, 5.74) is 5.75. The van der Waals surface area contributed by atoms with Crippen molar-refractivity contribution in [1.29, 1.82) is 0 Å². The van der Waals surface area contributed by atoms with Gasteiger partial charge in [-0.2, -0.15) is 0 Å². The summed E-state index contributed by atoms with van der Waals surface area (Å²) in [6, 6.07) is 3.90. The molecule has 2 aromatic rings. The van der Waals surface area contributed by atoms with Crippen LogP contribution in [0.25, 0.3) is 10.8 Å². The first-order valence-corrected chi connectivity index (χ1v) is 5.26. The molecule has 0 radical (unpaired) electrons. The van der Waals surface area contributed by atoms with Gasteiger partial charge in [-0.1, -0.05) is 0 Å². The predicted octanol–water partition coefficient (Wildman–Crippen LogP) is 2.73. The number of nitrogens with two attached hydrogens (primary N) is 1. The van der Waals surface area contributed by atoms with Gasteiger partial charge >= 0.3 is 0 Å². The zero-order valence-corrected chi connectivity index (χ0v) is 8.97. The second-order valence-corrected chi connectivity index (χ2v) is 4.33. The fourth-order valence-corrected chi connectivity index (χ4v) is 1.99. The van der Waals surface area contributed by atoms with Gasteiger partial charge in [0.05, 0.1) is 0 Å². The molecule has 0 saturated heterocycles. The molecule has 2 N–H and O–H groups in total. The molecule has 0 spiro atoms. The average Bonchev–Trinajstić information content (AvgIpc) is 2.70. The van der Waals surface area contributed by atoms with E-state index in [0.29, 0.717) is 0 Å². The fourth-order valence-electron chi connectivity index (χ4n) is 1.16. The third-order valence-electron chi connectivity index (χ3n) is 1.92. The van der Waals surface area contributed by atoms with Gasteiger partial charge < -0.3 is 10.2 Å². The second kappa shape index (κ2) is 3.55. The molecule has 0 aliphatic heterocycles. The van der Waals surface area contributed by atoms with E-state index in [2.05, 4.69) is 4.98 Å². The molecule has 0 fully saturated rings. The molecule has 2 aromatic heterocycles. The van der Waals surface area contributed by atoms with Crippen LogP contribution in [0.5, 0.6) is 0 Å². The Hall–Kier alpha value is -1.13. The fraction of sp³-hybridized carbons (Fsp3) is 0.300. The maximum atomic E-state index is 5.75. The molecule has 1 unspecified atom stereocenters.